The Morgan fingerprint density at radius 2 is 1.90 bits per heavy atom. The predicted octanol–water partition coefficient (Wildman–Crippen LogP) is 4.89. The van der Waals surface area contributed by atoms with Crippen LogP contribution in [0.3, 0.4) is 0 Å². The van der Waals surface area contributed by atoms with Crippen molar-refractivity contribution >= 4 is 17.3 Å². The van der Waals surface area contributed by atoms with E-state index in [2.05, 4.69) is 0 Å². The number of benzene rings is 2. The lowest BCUT2D eigenvalue weighted by atomic mass is 9.93. The number of halogens is 2. The van der Waals surface area contributed by atoms with Gasteiger partial charge in [0.15, 0.2) is 0 Å². The van der Waals surface area contributed by atoms with Gasteiger partial charge in [0.05, 0.1) is 16.4 Å². The van der Waals surface area contributed by atoms with Crippen molar-refractivity contribution < 1.29 is 9.31 Å². The molecule has 2 aromatic carbocycles. The lowest BCUT2D eigenvalue weighted by Crippen LogP contribution is -2.08. The fraction of sp³-hybridized carbons (Fsp3) is 0.250. The molecule has 0 saturated heterocycles. The molecular formula is C16H15ClFNO2. The minimum absolute atomic E-state index is 0.0236. The van der Waals surface area contributed by atoms with Crippen molar-refractivity contribution in [2.24, 2.45) is 5.92 Å². The second kappa shape index (κ2) is 6.68. The molecule has 21 heavy (non-hydrogen) atoms. The van der Waals surface area contributed by atoms with E-state index in [1.165, 1.54) is 12.1 Å². The first kappa shape index (κ1) is 15.4. The number of nitro benzene ring substituents is 1. The Morgan fingerprint density at radius 1 is 1.24 bits per heavy atom. The second-order valence-electron chi connectivity index (χ2n) is 5.07. The zero-order valence-electron chi connectivity index (χ0n) is 11.5. The van der Waals surface area contributed by atoms with E-state index in [0.717, 1.165) is 11.6 Å². The first-order valence-corrected chi connectivity index (χ1v) is 7.04. The largest absolute Gasteiger partial charge is 0.272 e. The third-order valence-corrected chi connectivity index (χ3v) is 4.01. The summed E-state index contributed by atoms with van der Waals surface area (Å²) in [5.41, 5.74) is 1.33. The van der Waals surface area contributed by atoms with Crippen molar-refractivity contribution in [3.05, 3.63) is 75.6 Å². The first-order valence-electron chi connectivity index (χ1n) is 6.60. The molecule has 2 unspecified atom stereocenters. The minimum atomic E-state index is -0.600. The molecule has 2 atom stereocenters. The van der Waals surface area contributed by atoms with Gasteiger partial charge in [-0.05, 0) is 29.5 Å². The van der Waals surface area contributed by atoms with E-state index in [-0.39, 0.29) is 17.0 Å². The van der Waals surface area contributed by atoms with Crippen molar-refractivity contribution in [3.8, 4) is 0 Å². The summed E-state index contributed by atoms with van der Waals surface area (Å²) in [6, 6.07) is 13.2. The number of rotatable bonds is 5. The molecule has 2 rings (SSSR count). The maximum absolute atomic E-state index is 13.4. The van der Waals surface area contributed by atoms with Crippen LogP contribution in [-0.4, -0.2) is 4.92 Å². The summed E-state index contributed by atoms with van der Waals surface area (Å²) >= 11 is 6.42. The monoisotopic (exact) mass is 307 g/mol. The summed E-state index contributed by atoms with van der Waals surface area (Å²) in [5, 5.41) is 10.5. The summed E-state index contributed by atoms with van der Waals surface area (Å²) in [5.74, 6) is -0.576. The Labute approximate surface area is 127 Å². The molecule has 0 bridgehead atoms. The van der Waals surface area contributed by atoms with Crippen molar-refractivity contribution in [1.29, 1.82) is 0 Å². The van der Waals surface area contributed by atoms with E-state index in [1.54, 1.807) is 0 Å². The van der Waals surface area contributed by atoms with Crippen molar-refractivity contribution in [1.82, 2.24) is 0 Å². The third-order valence-electron chi connectivity index (χ3n) is 3.33. The first-order chi connectivity index (χ1) is 9.97. The zero-order valence-corrected chi connectivity index (χ0v) is 12.3. The van der Waals surface area contributed by atoms with E-state index in [0.29, 0.717) is 12.0 Å². The lowest BCUT2D eigenvalue weighted by molar-refractivity contribution is -0.385. The van der Waals surface area contributed by atoms with Gasteiger partial charge < -0.3 is 0 Å². The summed E-state index contributed by atoms with van der Waals surface area (Å²) in [4.78, 5) is 10.2. The number of nitrogens with zero attached hydrogens (tertiary/aromatic N) is 1. The van der Waals surface area contributed by atoms with E-state index in [4.69, 9.17) is 11.6 Å². The molecule has 0 saturated carbocycles. The number of hydrogen-bond donors (Lipinski definition) is 0. The number of hydrogen-bond acceptors (Lipinski definition) is 2. The van der Waals surface area contributed by atoms with Crippen LogP contribution in [0.25, 0.3) is 0 Å². The minimum Gasteiger partial charge on any atom is -0.258 e. The van der Waals surface area contributed by atoms with Crippen molar-refractivity contribution in [3.63, 3.8) is 0 Å². The lowest BCUT2D eigenvalue weighted by Gasteiger charge is -2.18. The molecule has 0 aliphatic heterocycles. The Morgan fingerprint density at radius 3 is 2.52 bits per heavy atom. The second-order valence-corrected chi connectivity index (χ2v) is 5.54. The SMILES string of the molecule is CC(Cc1cc(F)cc([N+](=O)[O-])c1)C(Cl)c1ccccc1. The van der Waals surface area contributed by atoms with Gasteiger partial charge >= 0.3 is 0 Å². The molecule has 0 amide bonds. The summed E-state index contributed by atoms with van der Waals surface area (Å²) in [7, 11) is 0. The van der Waals surface area contributed by atoms with Gasteiger partial charge in [-0.25, -0.2) is 4.39 Å². The van der Waals surface area contributed by atoms with Crippen molar-refractivity contribution in [2.75, 3.05) is 0 Å². The quantitative estimate of drug-likeness (QED) is 0.448. The predicted molar refractivity (Wildman–Crippen MR) is 81.0 cm³/mol. The van der Waals surface area contributed by atoms with Gasteiger partial charge in [0.2, 0.25) is 0 Å². The molecule has 0 N–H and O–H groups in total. The molecule has 5 heteroatoms. The van der Waals surface area contributed by atoms with Crippen LogP contribution in [0, 0.1) is 21.8 Å². The highest BCUT2D eigenvalue weighted by Gasteiger charge is 2.18. The van der Waals surface area contributed by atoms with E-state index < -0.39 is 10.7 Å². The van der Waals surface area contributed by atoms with Gasteiger partial charge in [0, 0.05) is 6.07 Å². The molecule has 0 spiro atoms. The average molecular weight is 308 g/mol. The standard InChI is InChI=1S/C16H15ClFNO2/c1-11(16(17)13-5-3-2-4-6-13)7-12-8-14(18)10-15(9-12)19(20)21/h2-6,8-11,16H,7H2,1H3. The van der Waals surface area contributed by atoms with Gasteiger partial charge in [0.1, 0.15) is 5.82 Å². The van der Waals surface area contributed by atoms with Crippen LogP contribution in [0.2, 0.25) is 0 Å². The highest BCUT2D eigenvalue weighted by atomic mass is 35.5. The highest BCUT2D eigenvalue weighted by molar-refractivity contribution is 6.21. The van der Waals surface area contributed by atoms with Crippen molar-refractivity contribution in [2.45, 2.75) is 18.7 Å². The topological polar surface area (TPSA) is 43.1 Å². The Balaban J connectivity index is 2.16. The molecule has 0 aliphatic rings. The molecule has 0 fully saturated rings. The number of alkyl halides is 1. The molecule has 110 valence electrons. The zero-order chi connectivity index (χ0) is 15.4. The van der Waals surface area contributed by atoms with Crippen LogP contribution in [-0.2, 0) is 6.42 Å². The highest BCUT2D eigenvalue weighted by Crippen LogP contribution is 2.31. The van der Waals surface area contributed by atoms with Crippen LogP contribution in [0.4, 0.5) is 10.1 Å². The van der Waals surface area contributed by atoms with Crippen LogP contribution in [0.15, 0.2) is 48.5 Å². The normalized spacial score (nSPS) is 13.7. The Hall–Kier alpha value is -1.94. The molecule has 0 aromatic heterocycles. The van der Waals surface area contributed by atoms with E-state index in [1.807, 2.05) is 37.3 Å². The molecule has 2 aromatic rings. The smallest absolute Gasteiger partial charge is 0.258 e. The Kier molecular flexibility index (Phi) is 4.91. The van der Waals surface area contributed by atoms with Gasteiger partial charge in [-0.3, -0.25) is 10.1 Å². The summed E-state index contributed by atoms with van der Waals surface area (Å²) in [6.45, 7) is 1.95. The van der Waals surface area contributed by atoms with Crippen LogP contribution in [0.1, 0.15) is 23.4 Å². The fourth-order valence-electron chi connectivity index (χ4n) is 2.30. The molecule has 0 radical (unpaired) electrons. The van der Waals surface area contributed by atoms with Gasteiger partial charge in [-0.2, -0.15) is 0 Å². The van der Waals surface area contributed by atoms with Crippen LogP contribution >= 0.6 is 11.6 Å². The van der Waals surface area contributed by atoms with Gasteiger partial charge in [-0.1, -0.05) is 37.3 Å². The summed E-state index contributed by atoms with van der Waals surface area (Å²) in [6.07, 6.45) is 0.474. The fourth-order valence-corrected chi connectivity index (χ4v) is 2.53. The maximum Gasteiger partial charge on any atom is 0.272 e. The van der Waals surface area contributed by atoms with E-state index >= 15 is 0 Å². The molecule has 0 heterocycles. The van der Waals surface area contributed by atoms with Crippen LogP contribution < -0.4 is 0 Å². The molecular weight excluding hydrogens is 293 g/mol. The third kappa shape index (κ3) is 4.02. The van der Waals surface area contributed by atoms with Gasteiger partial charge in [-0.15, -0.1) is 11.6 Å². The Bertz CT molecular complexity index is 633. The van der Waals surface area contributed by atoms with E-state index in [9.17, 15) is 14.5 Å². The molecule has 0 aliphatic carbocycles. The van der Waals surface area contributed by atoms with Crippen LogP contribution in [0.5, 0.6) is 0 Å². The number of nitro groups is 1. The van der Waals surface area contributed by atoms with Gasteiger partial charge in [0.25, 0.3) is 5.69 Å². The molecule has 3 nitrogen and oxygen atoms in total. The summed E-state index contributed by atoms with van der Waals surface area (Å²) < 4.78 is 13.4. The maximum atomic E-state index is 13.4. The average Bonchev–Trinajstić information content (AvgIpc) is 2.46. The number of non-ortho nitro benzene ring substituents is 1.